The number of hydrogen-bond acceptors (Lipinski definition) is 3. The van der Waals surface area contributed by atoms with Crippen molar-refractivity contribution in [2.75, 3.05) is 4.90 Å². The third-order valence-corrected chi connectivity index (χ3v) is 4.10. The lowest BCUT2D eigenvalue weighted by atomic mass is 10.1. The van der Waals surface area contributed by atoms with Crippen LogP contribution in [-0.4, -0.2) is 29.5 Å². The lowest BCUT2D eigenvalue weighted by molar-refractivity contribution is -0.209. The first-order valence-electron chi connectivity index (χ1n) is 6.48. The SMILES string of the molecule is CC1CC[C@H](C(O)C(F)(F)F)N1c1ccc(C#N)c(Cl)c1. The van der Waals surface area contributed by atoms with Crippen molar-refractivity contribution in [1.29, 1.82) is 5.26 Å². The zero-order chi connectivity index (χ0) is 15.8. The summed E-state index contributed by atoms with van der Waals surface area (Å²) >= 11 is 5.94. The van der Waals surface area contributed by atoms with Crippen LogP contribution in [-0.2, 0) is 0 Å². The van der Waals surface area contributed by atoms with E-state index < -0.39 is 18.3 Å². The fraction of sp³-hybridized carbons (Fsp3) is 0.500. The van der Waals surface area contributed by atoms with Crippen LogP contribution in [0.1, 0.15) is 25.3 Å². The molecule has 0 radical (unpaired) electrons. The highest BCUT2D eigenvalue weighted by atomic mass is 35.5. The number of hydrogen-bond donors (Lipinski definition) is 1. The number of rotatable bonds is 2. The summed E-state index contributed by atoms with van der Waals surface area (Å²) in [5.74, 6) is 0. The van der Waals surface area contributed by atoms with Crippen molar-refractivity contribution in [3.63, 3.8) is 0 Å². The van der Waals surface area contributed by atoms with Crippen LogP contribution in [0.2, 0.25) is 5.02 Å². The van der Waals surface area contributed by atoms with Gasteiger partial charge in [-0.05, 0) is 38.0 Å². The topological polar surface area (TPSA) is 47.3 Å². The quantitative estimate of drug-likeness (QED) is 0.908. The van der Waals surface area contributed by atoms with E-state index in [2.05, 4.69) is 0 Å². The highest BCUT2D eigenvalue weighted by Crippen LogP contribution is 2.37. The van der Waals surface area contributed by atoms with Crippen LogP contribution < -0.4 is 4.90 Å². The van der Waals surface area contributed by atoms with E-state index in [0.29, 0.717) is 12.1 Å². The molecule has 1 saturated heterocycles. The van der Waals surface area contributed by atoms with Gasteiger partial charge in [0.1, 0.15) is 6.07 Å². The summed E-state index contributed by atoms with van der Waals surface area (Å²) in [6.45, 7) is 1.80. The fourth-order valence-corrected chi connectivity index (χ4v) is 2.96. The number of anilines is 1. The van der Waals surface area contributed by atoms with Gasteiger partial charge in [0.2, 0.25) is 0 Å². The summed E-state index contributed by atoms with van der Waals surface area (Å²) in [7, 11) is 0. The zero-order valence-electron chi connectivity index (χ0n) is 11.2. The smallest absolute Gasteiger partial charge is 0.382 e. The summed E-state index contributed by atoms with van der Waals surface area (Å²) in [6, 6.07) is 5.22. The molecule has 2 rings (SSSR count). The Bertz CT molecular complexity index is 570. The predicted molar refractivity (Wildman–Crippen MR) is 73.2 cm³/mol. The number of aliphatic hydroxyl groups excluding tert-OH is 1. The lowest BCUT2D eigenvalue weighted by Gasteiger charge is -2.34. The molecule has 1 fully saturated rings. The summed E-state index contributed by atoms with van der Waals surface area (Å²) in [6.07, 6.45) is -6.27. The Morgan fingerprint density at radius 3 is 2.62 bits per heavy atom. The van der Waals surface area contributed by atoms with Gasteiger partial charge in [0, 0.05) is 11.7 Å². The van der Waals surface area contributed by atoms with Gasteiger partial charge in [-0.25, -0.2) is 0 Å². The van der Waals surface area contributed by atoms with Crippen molar-refractivity contribution in [1.82, 2.24) is 0 Å². The summed E-state index contributed by atoms with van der Waals surface area (Å²) < 4.78 is 38.3. The van der Waals surface area contributed by atoms with Crippen molar-refractivity contribution in [2.24, 2.45) is 0 Å². The second-order valence-corrected chi connectivity index (χ2v) is 5.57. The first-order chi connectivity index (χ1) is 9.75. The van der Waals surface area contributed by atoms with Gasteiger partial charge < -0.3 is 10.0 Å². The number of benzene rings is 1. The second kappa shape index (κ2) is 5.74. The molecule has 7 heteroatoms. The molecule has 21 heavy (non-hydrogen) atoms. The van der Waals surface area contributed by atoms with Crippen LogP contribution in [0.25, 0.3) is 0 Å². The molecular formula is C14H14ClF3N2O. The van der Waals surface area contributed by atoms with Crippen molar-refractivity contribution in [2.45, 2.75) is 44.1 Å². The van der Waals surface area contributed by atoms with Gasteiger partial charge in [0.15, 0.2) is 6.10 Å². The van der Waals surface area contributed by atoms with Gasteiger partial charge in [-0.15, -0.1) is 0 Å². The lowest BCUT2D eigenvalue weighted by Crippen LogP contribution is -2.48. The molecule has 0 amide bonds. The Kier molecular flexibility index (Phi) is 4.35. The largest absolute Gasteiger partial charge is 0.416 e. The van der Waals surface area contributed by atoms with Crippen molar-refractivity contribution in [3.8, 4) is 6.07 Å². The predicted octanol–water partition coefficient (Wildman–Crippen LogP) is 3.49. The molecule has 0 bridgehead atoms. The van der Waals surface area contributed by atoms with Crippen LogP contribution in [0.5, 0.6) is 0 Å². The second-order valence-electron chi connectivity index (χ2n) is 5.16. The van der Waals surface area contributed by atoms with Crippen LogP contribution in [0, 0.1) is 11.3 Å². The van der Waals surface area contributed by atoms with Gasteiger partial charge in [-0.2, -0.15) is 18.4 Å². The average Bonchev–Trinajstić information content (AvgIpc) is 2.78. The Morgan fingerprint density at radius 2 is 2.10 bits per heavy atom. The van der Waals surface area contributed by atoms with Gasteiger partial charge in [0.25, 0.3) is 0 Å². The third kappa shape index (κ3) is 3.09. The van der Waals surface area contributed by atoms with Gasteiger partial charge in [-0.3, -0.25) is 0 Å². The molecule has 1 aliphatic heterocycles. The molecule has 0 aliphatic carbocycles. The van der Waals surface area contributed by atoms with E-state index in [0.717, 1.165) is 0 Å². The van der Waals surface area contributed by atoms with Crippen LogP contribution in [0.3, 0.4) is 0 Å². The molecule has 3 nitrogen and oxygen atoms in total. The highest BCUT2D eigenvalue weighted by molar-refractivity contribution is 6.32. The van der Waals surface area contributed by atoms with Crippen LogP contribution >= 0.6 is 11.6 Å². The minimum atomic E-state index is -4.66. The van der Waals surface area contributed by atoms with Gasteiger partial charge in [0.05, 0.1) is 16.6 Å². The van der Waals surface area contributed by atoms with Crippen LogP contribution in [0.4, 0.5) is 18.9 Å². The van der Waals surface area contributed by atoms with E-state index in [-0.39, 0.29) is 23.0 Å². The highest BCUT2D eigenvalue weighted by Gasteiger charge is 2.48. The molecule has 0 saturated carbocycles. The monoisotopic (exact) mass is 318 g/mol. The fourth-order valence-electron chi connectivity index (χ4n) is 2.75. The van der Waals surface area contributed by atoms with E-state index >= 15 is 0 Å². The minimum Gasteiger partial charge on any atom is -0.382 e. The number of aliphatic hydroxyl groups is 1. The Hall–Kier alpha value is -1.45. The molecule has 3 atom stereocenters. The maximum absolute atomic E-state index is 12.8. The molecule has 114 valence electrons. The molecule has 1 N–H and O–H groups in total. The normalized spacial score (nSPS) is 24.0. The average molecular weight is 319 g/mol. The Morgan fingerprint density at radius 1 is 1.43 bits per heavy atom. The van der Waals surface area contributed by atoms with Gasteiger partial charge in [-0.1, -0.05) is 11.6 Å². The molecule has 1 aromatic rings. The first kappa shape index (κ1) is 15.9. The number of halogens is 4. The molecule has 1 aromatic carbocycles. The summed E-state index contributed by atoms with van der Waals surface area (Å²) in [4.78, 5) is 1.53. The van der Waals surface area contributed by atoms with E-state index in [1.165, 1.54) is 17.0 Å². The van der Waals surface area contributed by atoms with Crippen molar-refractivity contribution >= 4 is 17.3 Å². The zero-order valence-corrected chi connectivity index (χ0v) is 12.0. The van der Waals surface area contributed by atoms with Crippen molar-refractivity contribution in [3.05, 3.63) is 28.8 Å². The van der Waals surface area contributed by atoms with Crippen molar-refractivity contribution < 1.29 is 18.3 Å². The minimum absolute atomic E-state index is 0.143. The third-order valence-electron chi connectivity index (χ3n) is 3.78. The Balaban J connectivity index is 2.35. The number of alkyl halides is 3. The summed E-state index contributed by atoms with van der Waals surface area (Å²) in [5, 5.41) is 18.6. The molecule has 0 aromatic heterocycles. The Labute approximate surface area is 125 Å². The van der Waals surface area contributed by atoms with E-state index in [1.54, 1.807) is 13.0 Å². The molecule has 0 spiro atoms. The molecule has 1 heterocycles. The first-order valence-corrected chi connectivity index (χ1v) is 6.86. The van der Waals surface area contributed by atoms with Crippen LogP contribution in [0.15, 0.2) is 18.2 Å². The molecule has 2 unspecified atom stereocenters. The van der Waals surface area contributed by atoms with E-state index in [1.807, 2.05) is 6.07 Å². The standard InChI is InChI=1S/C14H14ClF3N2O/c1-8-2-5-12(13(21)14(16,17)18)20(8)10-4-3-9(7-19)11(15)6-10/h3-4,6,8,12-13,21H,2,5H2,1H3/t8?,12-,13?/m1/s1. The van der Waals surface area contributed by atoms with E-state index in [9.17, 15) is 18.3 Å². The van der Waals surface area contributed by atoms with Gasteiger partial charge >= 0.3 is 6.18 Å². The van der Waals surface area contributed by atoms with E-state index in [4.69, 9.17) is 16.9 Å². The maximum atomic E-state index is 12.8. The molecular weight excluding hydrogens is 305 g/mol. The number of nitriles is 1. The summed E-state index contributed by atoms with van der Waals surface area (Å²) in [5.41, 5.74) is 0.748. The maximum Gasteiger partial charge on any atom is 0.416 e. The number of nitrogens with zero attached hydrogens (tertiary/aromatic N) is 2. The molecule has 1 aliphatic rings.